The van der Waals surface area contributed by atoms with Crippen LogP contribution in [-0.4, -0.2) is 16.4 Å². The van der Waals surface area contributed by atoms with Crippen LogP contribution in [0.1, 0.15) is 25.8 Å². The van der Waals surface area contributed by atoms with E-state index < -0.39 is 5.54 Å². The summed E-state index contributed by atoms with van der Waals surface area (Å²) in [6.07, 6.45) is 0.989. The standard InChI is InChI=1S/C17H20N2OS/c1-3-17(2,16(18)21)19-15(20)11-13-9-6-8-12-7-4-5-10-14(12)13/h4-10H,3,11H2,1-2H3,(H2,18,21)(H,19,20). The highest BCUT2D eigenvalue weighted by molar-refractivity contribution is 7.80. The molecule has 3 nitrogen and oxygen atoms in total. The molecular weight excluding hydrogens is 280 g/mol. The van der Waals surface area contributed by atoms with E-state index in [9.17, 15) is 4.79 Å². The van der Waals surface area contributed by atoms with Gasteiger partial charge in [0, 0.05) is 0 Å². The van der Waals surface area contributed by atoms with Crippen LogP contribution in [0.2, 0.25) is 0 Å². The molecule has 0 saturated heterocycles. The molecule has 0 aliphatic carbocycles. The average Bonchev–Trinajstić information content (AvgIpc) is 2.47. The Morgan fingerprint density at radius 1 is 1.24 bits per heavy atom. The predicted molar refractivity (Wildman–Crippen MR) is 91.3 cm³/mol. The maximum Gasteiger partial charge on any atom is 0.225 e. The van der Waals surface area contributed by atoms with Crippen molar-refractivity contribution in [3.63, 3.8) is 0 Å². The Labute approximate surface area is 130 Å². The first-order chi connectivity index (χ1) is 9.96. The van der Waals surface area contributed by atoms with Crippen LogP contribution in [0, 0.1) is 0 Å². The molecule has 3 N–H and O–H groups in total. The lowest BCUT2D eigenvalue weighted by Gasteiger charge is -2.28. The van der Waals surface area contributed by atoms with Gasteiger partial charge in [-0.15, -0.1) is 0 Å². The van der Waals surface area contributed by atoms with Crippen LogP contribution in [0.15, 0.2) is 42.5 Å². The molecular formula is C17H20N2OS. The van der Waals surface area contributed by atoms with Crippen molar-refractivity contribution in [2.24, 2.45) is 5.73 Å². The molecule has 2 aromatic carbocycles. The molecule has 2 aromatic rings. The Morgan fingerprint density at radius 2 is 1.90 bits per heavy atom. The van der Waals surface area contributed by atoms with Crippen molar-refractivity contribution < 1.29 is 4.79 Å². The van der Waals surface area contributed by atoms with E-state index in [-0.39, 0.29) is 5.91 Å². The lowest BCUT2D eigenvalue weighted by atomic mass is 9.97. The third-order valence-corrected chi connectivity index (χ3v) is 4.35. The molecule has 1 atom stereocenters. The zero-order valence-electron chi connectivity index (χ0n) is 12.3. The second-order valence-electron chi connectivity index (χ2n) is 5.41. The Kier molecular flexibility index (Phi) is 4.58. The quantitative estimate of drug-likeness (QED) is 0.835. The summed E-state index contributed by atoms with van der Waals surface area (Å²) in [5.41, 5.74) is 6.11. The Morgan fingerprint density at radius 3 is 2.57 bits per heavy atom. The van der Waals surface area contributed by atoms with Gasteiger partial charge in [0.2, 0.25) is 5.91 Å². The Bertz CT molecular complexity index is 678. The molecule has 2 rings (SSSR count). The smallest absolute Gasteiger partial charge is 0.225 e. The van der Waals surface area contributed by atoms with Gasteiger partial charge < -0.3 is 11.1 Å². The van der Waals surface area contributed by atoms with Crippen molar-refractivity contribution in [1.82, 2.24) is 5.32 Å². The third kappa shape index (κ3) is 3.39. The maximum absolute atomic E-state index is 12.3. The number of hydrogen-bond acceptors (Lipinski definition) is 2. The Hall–Kier alpha value is -1.94. The van der Waals surface area contributed by atoms with Crippen LogP contribution < -0.4 is 11.1 Å². The van der Waals surface area contributed by atoms with E-state index >= 15 is 0 Å². The lowest BCUT2D eigenvalue weighted by Crippen LogP contribution is -2.54. The number of hydrogen-bond donors (Lipinski definition) is 2. The topological polar surface area (TPSA) is 55.1 Å². The molecule has 4 heteroatoms. The van der Waals surface area contributed by atoms with Crippen molar-refractivity contribution in [2.75, 3.05) is 0 Å². The van der Waals surface area contributed by atoms with E-state index in [0.29, 0.717) is 17.8 Å². The van der Waals surface area contributed by atoms with Gasteiger partial charge in [0.05, 0.1) is 16.9 Å². The number of carbonyl (C=O) groups is 1. The van der Waals surface area contributed by atoms with Gasteiger partial charge in [0.15, 0.2) is 0 Å². The third-order valence-electron chi connectivity index (χ3n) is 3.90. The SMILES string of the molecule is CCC(C)(NC(=O)Cc1cccc2ccccc12)C(N)=S. The lowest BCUT2D eigenvalue weighted by molar-refractivity contribution is -0.121. The van der Waals surface area contributed by atoms with E-state index in [1.54, 1.807) is 0 Å². The summed E-state index contributed by atoms with van der Waals surface area (Å²) >= 11 is 5.05. The number of nitrogens with one attached hydrogen (secondary N) is 1. The van der Waals surface area contributed by atoms with E-state index in [1.807, 2.05) is 56.3 Å². The van der Waals surface area contributed by atoms with Crippen LogP contribution in [-0.2, 0) is 11.2 Å². The Balaban J connectivity index is 2.21. The molecule has 0 fully saturated rings. The van der Waals surface area contributed by atoms with Crippen LogP contribution in [0.3, 0.4) is 0 Å². The van der Waals surface area contributed by atoms with Gasteiger partial charge in [-0.2, -0.15) is 0 Å². The molecule has 0 heterocycles. The molecule has 110 valence electrons. The van der Waals surface area contributed by atoms with Crippen LogP contribution in [0.5, 0.6) is 0 Å². The van der Waals surface area contributed by atoms with Crippen LogP contribution in [0.4, 0.5) is 0 Å². The fraction of sp³-hybridized carbons (Fsp3) is 0.294. The minimum Gasteiger partial charge on any atom is -0.391 e. The van der Waals surface area contributed by atoms with Gasteiger partial charge in [-0.1, -0.05) is 61.6 Å². The summed E-state index contributed by atoms with van der Waals surface area (Å²) in [5.74, 6) is -0.0662. The first-order valence-electron chi connectivity index (χ1n) is 7.04. The fourth-order valence-electron chi connectivity index (χ4n) is 2.30. The summed E-state index contributed by atoms with van der Waals surface area (Å²) in [6, 6.07) is 14.0. The van der Waals surface area contributed by atoms with E-state index in [1.165, 1.54) is 0 Å². The second-order valence-corrected chi connectivity index (χ2v) is 5.85. The van der Waals surface area contributed by atoms with Gasteiger partial charge in [-0.25, -0.2) is 0 Å². The summed E-state index contributed by atoms with van der Waals surface area (Å²) in [4.78, 5) is 12.6. The molecule has 1 unspecified atom stereocenters. The van der Waals surface area contributed by atoms with Gasteiger partial charge in [0.1, 0.15) is 0 Å². The number of benzene rings is 2. The highest BCUT2D eigenvalue weighted by Crippen LogP contribution is 2.19. The first kappa shape index (κ1) is 15.4. The number of amides is 1. The van der Waals surface area contributed by atoms with Gasteiger partial charge in [-0.3, -0.25) is 4.79 Å². The molecule has 21 heavy (non-hydrogen) atoms. The summed E-state index contributed by atoms with van der Waals surface area (Å²) in [7, 11) is 0. The van der Waals surface area contributed by atoms with E-state index in [0.717, 1.165) is 16.3 Å². The normalized spacial score (nSPS) is 13.6. The minimum atomic E-state index is -0.628. The number of nitrogens with two attached hydrogens (primary N) is 1. The summed E-state index contributed by atoms with van der Waals surface area (Å²) in [6.45, 7) is 3.81. The first-order valence-corrected chi connectivity index (χ1v) is 7.44. The van der Waals surface area contributed by atoms with Crippen molar-refractivity contribution in [3.8, 4) is 0 Å². The molecule has 0 aliphatic rings. The number of fused-ring (bicyclic) bond motifs is 1. The zero-order valence-corrected chi connectivity index (χ0v) is 13.2. The monoisotopic (exact) mass is 300 g/mol. The van der Waals surface area contributed by atoms with Gasteiger partial charge >= 0.3 is 0 Å². The van der Waals surface area contributed by atoms with Gasteiger partial charge in [0.25, 0.3) is 0 Å². The average molecular weight is 300 g/mol. The molecule has 0 aromatic heterocycles. The zero-order chi connectivity index (χ0) is 15.5. The maximum atomic E-state index is 12.3. The van der Waals surface area contributed by atoms with Crippen molar-refractivity contribution in [3.05, 3.63) is 48.0 Å². The number of carbonyl (C=O) groups excluding carboxylic acids is 1. The molecule has 1 amide bonds. The van der Waals surface area contributed by atoms with Crippen molar-refractivity contribution in [2.45, 2.75) is 32.2 Å². The highest BCUT2D eigenvalue weighted by Gasteiger charge is 2.27. The van der Waals surface area contributed by atoms with Crippen LogP contribution >= 0.6 is 12.2 Å². The van der Waals surface area contributed by atoms with Gasteiger partial charge in [-0.05, 0) is 29.7 Å². The van der Waals surface area contributed by atoms with Crippen molar-refractivity contribution in [1.29, 1.82) is 0 Å². The van der Waals surface area contributed by atoms with Crippen molar-refractivity contribution >= 4 is 33.9 Å². The predicted octanol–water partition coefficient (Wildman–Crippen LogP) is 2.95. The fourth-order valence-corrected chi connectivity index (χ4v) is 2.49. The molecule has 0 aliphatic heterocycles. The number of rotatable bonds is 5. The molecule has 0 saturated carbocycles. The molecule has 0 bridgehead atoms. The van der Waals surface area contributed by atoms with E-state index in [2.05, 4.69) is 5.32 Å². The second kappa shape index (κ2) is 6.22. The molecule has 0 radical (unpaired) electrons. The minimum absolute atomic E-state index is 0.0662. The largest absolute Gasteiger partial charge is 0.391 e. The number of thiocarbonyl (C=S) groups is 1. The van der Waals surface area contributed by atoms with E-state index in [4.69, 9.17) is 18.0 Å². The summed E-state index contributed by atoms with van der Waals surface area (Å²) in [5, 5.41) is 5.19. The highest BCUT2D eigenvalue weighted by atomic mass is 32.1. The summed E-state index contributed by atoms with van der Waals surface area (Å²) < 4.78 is 0. The van der Waals surface area contributed by atoms with Crippen LogP contribution in [0.25, 0.3) is 10.8 Å². The molecule has 0 spiro atoms.